The monoisotopic (exact) mass is 466 g/mol. The lowest BCUT2D eigenvalue weighted by Gasteiger charge is -2.39. The summed E-state index contributed by atoms with van der Waals surface area (Å²) < 4.78 is 10.4. The third kappa shape index (κ3) is 5.08. The second-order valence-electron chi connectivity index (χ2n) is 8.30. The molecule has 2 saturated heterocycles. The molecule has 4 rings (SSSR count). The summed E-state index contributed by atoms with van der Waals surface area (Å²) in [4.78, 5) is 44.3. The van der Waals surface area contributed by atoms with Crippen LogP contribution < -0.4 is 19.7 Å². The quantitative estimate of drug-likeness (QED) is 0.692. The Kier molecular flexibility index (Phi) is 7.20. The lowest BCUT2D eigenvalue weighted by atomic mass is 10.0. The molecule has 0 aromatic heterocycles. The van der Waals surface area contributed by atoms with Crippen molar-refractivity contribution in [3.63, 3.8) is 0 Å². The van der Waals surface area contributed by atoms with Gasteiger partial charge in [0.1, 0.15) is 17.5 Å². The summed E-state index contributed by atoms with van der Waals surface area (Å²) in [6.45, 7) is 3.25. The number of ether oxygens (including phenoxy) is 2. The van der Waals surface area contributed by atoms with Crippen LogP contribution in [-0.2, 0) is 9.59 Å². The zero-order valence-electron chi connectivity index (χ0n) is 19.5. The molecule has 0 saturated carbocycles. The van der Waals surface area contributed by atoms with E-state index in [1.165, 1.54) is 4.90 Å². The van der Waals surface area contributed by atoms with E-state index in [4.69, 9.17) is 9.47 Å². The number of methoxy groups -OCH3 is 2. The highest BCUT2D eigenvalue weighted by Crippen LogP contribution is 2.22. The molecule has 34 heavy (non-hydrogen) atoms. The minimum atomic E-state index is -0.824. The Bertz CT molecular complexity index is 1020. The van der Waals surface area contributed by atoms with Crippen molar-refractivity contribution in [1.82, 2.24) is 15.1 Å². The van der Waals surface area contributed by atoms with Gasteiger partial charge in [0.15, 0.2) is 0 Å². The zero-order chi connectivity index (χ0) is 24.1. The third-order valence-electron chi connectivity index (χ3n) is 6.37. The van der Waals surface area contributed by atoms with E-state index in [1.807, 2.05) is 24.3 Å². The molecule has 1 N–H and O–H groups in total. The van der Waals surface area contributed by atoms with E-state index >= 15 is 0 Å². The SMILES string of the molecule is COc1ccc(C(=O)N2CCNC(=O)C2CC(=O)N2CCN(c3ccc(OC)cc3)CC2)cc1. The van der Waals surface area contributed by atoms with E-state index in [0.717, 1.165) is 11.4 Å². The van der Waals surface area contributed by atoms with Gasteiger partial charge in [0.05, 0.1) is 20.6 Å². The molecule has 0 aliphatic carbocycles. The van der Waals surface area contributed by atoms with Crippen LogP contribution in [0.1, 0.15) is 16.8 Å². The minimum absolute atomic E-state index is 0.0315. The van der Waals surface area contributed by atoms with Gasteiger partial charge >= 0.3 is 0 Å². The van der Waals surface area contributed by atoms with Gasteiger partial charge in [-0.15, -0.1) is 0 Å². The van der Waals surface area contributed by atoms with E-state index in [0.29, 0.717) is 50.6 Å². The maximum atomic E-state index is 13.1. The number of benzene rings is 2. The van der Waals surface area contributed by atoms with Gasteiger partial charge in [-0.3, -0.25) is 14.4 Å². The van der Waals surface area contributed by atoms with Crippen LogP contribution in [0.4, 0.5) is 5.69 Å². The first-order chi connectivity index (χ1) is 16.5. The van der Waals surface area contributed by atoms with Gasteiger partial charge in [-0.05, 0) is 48.5 Å². The first-order valence-electron chi connectivity index (χ1n) is 11.4. The molecule has 0 spiro atoms. The van der Waals surface area contributed by atoms with Crippen molar-refractivity contribution >= 4 is 23.4 Å². The summed E-state index contributed by atoms with van der Waals surface area (Å²) >= 11 is 0. The van der Waals surface area contributed by atoms with Gasteiger partial charge in [-0.2, -0.15) is 0 Å². The van der Waals surface area contributed by atoms with E-state index in [-0.39, 0.29) is 24.1 Å². The molecule has 2 aliphatic rings. The standard InChI is InChI=1S/C25H30N4O5/c1-33-20-7-3-18(4-8-20)25(32)29-12-11-26-24(31)22(29)17-23(30)28-15-13-27(14-16-28)19-5-9-21(34-2)10-6-19/h3-10,22H,11-17H2,1-2H3,(H,26,31). The van der Waals surface area contributed by atoms with Crippen LogP contribution in [0.25, 0.3) is 0 Å². The summed E-state index contributed by atoms with van der Waals surface area (Å²) in [6, 6.07) is 13.8. The normalized spacial score (nSPS) is 18.4. The van der Waals surface area contributed by atoms with Crippen molar-refractivity contribution in [2.24, 2.45) is 0 Å². The highest BCUT2D eigenvalue weighted by atomic mass is 16.5. The van der Waals surface area contributed by atoms with Gasteiger partial charge in [0.25, 0.3) is 5.91 Å². The summed E-state index contributed by atoms with van der Waals surface area (Å²) in [5.74, 6) is 0.771. The summed E-state index contributed by atoms with van der Waals surface area (Å²) in [5.41, 5.74) is 1.54. The molecule has 2 aliphatic heterocycles. The second kappa shape index (κ2) is 10.5. The molecule has 2 heterocycles. The molecule has 1 atom stereocenters. The van der Waals surface area contributed by atoms with Gasteiger partial charge in [0, 0.05) is 50.5 Å². The fourth-order valence-corrected chi connectivity index (χ4v) is 4.36. The van der Waals surface area contributed by atoms with Crippen molar-refractivity contribution in [1.29, 1.82) is 0 Å². The van der Waals surface area contributed by atoms with Crippen LogP contribution in [0, 0.1) is 0 Å². The van der Waals surface area contributed by atoms with Crippen LogP contribution in [0.3, 0.4) is 0 Å². The lowest BCUT2D eigenvalue weighted by molar-refractivity contribution is -0.138. The third-order valence-corrected chi connectivity index (χ3v) is 6.37. The topological polar surface area (TPSA) is 91.4 Å². The first-order valence-corrected chi connectivity index (χ1v) is 11.4. The predicted octanol–water partition coefficient (Wildman–Crippen LogP) is 1.38. The fourth-order valence-electron chi connectivity index (χ4n) is 4.36. The zero-order valence-corrected chi connectivity index (χ0v) is 19.5. The van der Waals surface area contributed by atoms with Crippen LogP contribution in [0.2, 0.25) is 0 Å². The first kappa shape index (κ1) is 23.4. The maximum Gasteiger partial charge on any atom is 0.254 e. The van der Waals surface area contributed by atoms with E-state index in [9.17, 15) is 14.4 Å². The number of amides is 3. The van der Waals surface area contributed by atoms with Gasteiger partial charge in [0.2, 0.25) is 11.8 Å². The molecule has 2 aromatic carbocycles. The highest BCUT2D eigenvalue weighted by Gasteiger charge is 2.36. The molecular formula is C25H30N4O5. The van der Waals surface area contributed by atoms with Crippen LogP contribution in [0.15, 0.2) is 48.5 Å². The Balaban J connectivity index is 1.38. The summed E-state index contributed by atoms with van der Waals surface area (Å²) in [5, 5.41) is 2.79. The molecule has 2 fully saturated rings. The molecule has 9 nitrogen and oxygen atoms in total. The van der Waals surface area contributed by atoms with Crippen LogP contribution >= 0.6 is 0 Å². The average molecular weight is 467 g/mol. The Morgan fingerprint density at radius 3 is 2.06 bits per heavy atom. The number of hydrogen-bond acceptors (Lipinski definition) is 6. The van der Waals surface area contributed by atoms with E-state index < -0.39 is 6.04 Å². The van der Waals surface area contributed by atoms with Crippen molar-refractivity contribution in [3.8, 4) is 11.5 Å². The van der Waals surface area contributed by atoms with E-state index in [2.05, 4.69) is 10.2 Å². The second-order valence-corrected chi connectivity index (χ2v) is 8.30. The summed E-state index contributed by atoms with van der Waals surface area (Å²) in [6.07, 6.45) is -0.0315. The molecule has 0 bridgehead atoms. The molecule has 9 heteroatoms. The van der Waals surface area contributed by atoms with Crippen molar-refractivity contribution in [3.05, 3.63) is 54.1 Å². The smallest absolute Gasteiger partial charge is 0.254 e. The Morgan fingerprint density at radius 2 is 1.47 bits per heavy atom. The number of anilines is 1. The van der Waals surface area contributed by atoms with Crippen molar-refractivity contribution < 1.29 is 23.9 Å². The van der Waals surface area contributed by atoms with Gasteiger partial charge in [-0.1, -0.05) is 0 Å². The number of carbonyl (C=O) groups excluding carboxylic acids is 3. The minimum Gasteiger partial charge on any atom is -0.497 e. The highest BCUT2D eigenvalue weighted by molar-refractivity contribution is 5.99. The number of nitrogens with one attached hydrogen (secondary N) is 1. The Morgan fingerprint density at radius 1 is 0.882 bits per heavy atom. The Labute approximate surface area is 199 Å². The number of hydrogen-bond donors (Lipinski definition) is 1. The number of rotatable bonds is 6. The van der Waals surface area contributed by atoms with Crippen molar-refractivity contribution in [2.75, 3.05) is 58.4 Å². The molecule has 2 aromatic rings. The maximum absolute atomic E-state index is 13.1. The molecule has 0 radical (unpaired) electrons. The lowest BCUT2D eigenvalue weighted by Crippen LogP contribution is -2.59. The van der Waals surface area contributed by atoms with Gasteiger partial charge < -0.3 is 29.5 Å². The molecular weight excluding hydrogens is 436 g/mol. The predicted molar refractivity (Wildman–Crippen MR) is 127 cm³/mol. The molecule has 3 amide bonds. The largest absolute Gasteiger partial charge is 0.497 e. The Hall–Kier alpha value is -3.75. The van der Waals surface area contributed by atoms with Gasteiger partial charge in [-0.25, -0.2) is 0 Å². The van der Waals surface area contributed by atoms with Crippen LogP contribution in [-0.4, -0.2) is 87.1 Å². The van der Waals surface area contributed by atoms with E-state index in [1.54, 1.807) is 43.4 Å². The van der Waals surface area contributed by atoms with Crippen LogP contribution in [0.5, 0.6) is 11.5 Å². The molecule has 1 unspecified atom stereocenters. The summed E-state index contributed by atoms with van der Waals surface area (Å²) in [7, 11) is 3.20. The average Bonchev–Trinajstić information content (AvgIpc) is 2.89. The fraction of sp³-hybridized carbons (Fsp3) is 0.400. The number of nitrogens with zero attached hydrogens (tertiary/aromatic N) is 3. The number of piperazine rings is 2. The van der Waals surface area contributed by atoms with Crippen molar-refractivity contribution in [2.45, 2.75) is 12.5 Å². The number of carbonyl (C=O) groups is 3. The molecule has 180 valence electrons.